The summed E-state index contributed by atoms with van der Waals surface area (Å²) >= 11 is 0. The summed E-state index contributed by atoms with van der Waals surface area (Å²) in [6, 6.07) is 0. The highest BCUT2D eigenvalue weighted by atomic mass is 16.4. The van der Waals surface area contributed by atoms with Crippen LogP contribution in [0, 0.1) is 40.4 Å². The summed E-state index contributed by atoms with van der Waals surface area (Å²) in [5.74, 6) is 1.83. The van der Waals surface area contributed by atoms with Crippen LogP contribution in [0.25, 0.3) is 0 Å². The third-order valence-corrected chi connectivity index (χ3v) is 9.56. The van der Waals surface area contributed by atoms with Crippen molar-refractivity contribution >= 4 is 11.8 Å². The average Bonchev–Trinajstić information content (AvgIpc) is 2.98. The zero-order valence-corrected chi connectivity index (χ0v) is 17.6. The summed E-state index contributed by atoms with van der Waals surface area (Å²) < 4.78 is 0. The van der Waals surface area contributed by atoms with Crippen LogP contribution in [-0.4, -0.2) is 28.1 Å². The van der Waals surface area contributed by atoms with Crippen molar-refractivity contribution in [3.8, 4) is 0 Å². The highest BCUT2D eigenvalue weighted by molar-refractivity contribution is 5.91. The second-order valence-electron chi connectivity index (χ2n) is 10.8. The number of hydrogen-bond acceptors (Lipinski definition) is 3. The largest absolute Gasteiger partial charge is 0.481 e. The van der Waals surface area contributed by atoms with Gasteiger partial charge in [0.2, 0.25) is 0 Å². The van der Waals surface area contributed by atoms with E-state index in [1.165, 1.54) is 12.0 Å². The number of aliphatic hydroxyl groups is 1. The Morgan fingerprint density at radius 2 is 1.96 bits per heavy atom. The minimum absolute atomic E-state index is 0.0755. The Labute approximate surface area is 168 Å². The topological polar surface area (TPSA) is 74.6 Å². The van der Waals surface area contributed by atoms with Crippen LogP contribution in [0.3, 0.4) is 0 Å². The molecule has 0 bridgehead atoms. The number of ketones is 1. The molecule has 0 amide bonds. The van der Waals surface area contributed by atoms with Crippen molar-refractivity contribution in [1.82, 2.24) is 0 Å². The van der Waals surface area contributed by atoms with Crippen LogP contribution in [0.1, 0.15) is 78.6 Å². The molecule has 28 heavy (non-hydrogen) atoms. The van der Waals surface area contributed by atoms with Gasteiger partial charge in [-0.05, 0) is 91.4 Å². The fourth-order valence-electron chi connectivity index (χ4n) is 8.05. The average molecular weight is 389 g/mol. The van der Waals surface area contributed by atoms with Gasteiger partial charge >= 0.3 is 5.97 Å². The zero-order chi connectivity index (χ0) is 20.3. The van der Waals surface area contributed by atoms with E-state index in [2.05, 4.69) is 20.8 Å². The fourth-order valence-corrected chi connectivity index (χ4v) is 8.05. The van der Waals surface area contributed by atoms with E-state index in [1.54, 1.807) is 0 Å². The van der Waals surface area contributed by atoms with Gasteiger partial charge in [-0.2, -0.15) is 0 Å². The van der Waals surface area contributed by atoms with Crippen molar-refractivity contribution in [2.45, 2.75) is 84.7 Å². The summed E-state index contributed by atoms with van der Waals surface area (Å²) in [4.78, 5) is 23.0. The molecule has 4 aliphatic carbocycles. The number of aliphatic hydroxyl groups excluding tert-OH is 1. The Balaban J connectivity index is 1.59. The standard InChI is InChI=1S/C24H36O4/c1-14(4-7-21(27)28)17-5-6-18-22-19(9-11-24(17,18)3)23(2)10-8-16(25)12-15(23)13-20(22)26/h12,14,17-20,22,26H,4-11,13H2,1-3H3,(H,27,28)/t14-,17-,18+,19+,20-,22+,23+,24-/m1/s1. The predicted octanol–water partition coefficient (Wildman–Crippen LogP) is 4.61. The van der Waals surface area contributed by atoms with Gasteiger partial charge in [-0.3, -0.25) is 9.59 Å². The smallest absolute Gasteiger partial charge is 0.303 e. The zero-order valence-electron chi connectivity index (χ0n) is 17.6. The number of carboxylic acids is 1. The molecule has 0 saturated heterocycles. The molecule has 156 valence electrons. The maximum Gasteiger partial charge on any atom is 0.303 e. The van der Waals surface area contributed by atoms with Gasteiger partial charge in [0.05, 0.1) is 6.10 Å². The minimum Gasteiger partial charge on any atom is -0.481 e. The number of carbonyl (C=O) groups is 2. The van der Waals surface area contributed by atoms with Crippen molar-refractivity contribution < 1.29 is 19.8 Å². The maximum atomic E-state index is 12.0. The molecule has 4 rings (SSSR count). The molecule has 0 heterocycles. The normalized spacial score (nSPS) is 46.2. The third kappa shape index (κ3) is 2.98. The van der Waals surface area contributed by atoms with Gasteiger partial charge in [0, 0.05) is 12.8 Å². The van der Waals surface area contributed by atoms with E-state index in [4.69, 9.17) is 5.11 Å². The van der Waals surface area contributed by atoms with Gasteiger partial charge in [0.25, 0.3) is 0 Å². The highest BCUT2D eigenvalue weighted by Crippen LogP contribution is 2.67. The van der Waals surface area contributed by atoms with Crippen LogP contribution >= 0.6 is 0 Å². The fraction of sp³-hybridized carbons (Fsp3) is 0.833. The van der Waals surface area contributed by atoms with E-state index < -0.39 is 5.97 Å². The molecule has 0 aromatic rings. The number of hydrogen-bond donors (Lipinski definition) is 2. The first kappa shape index (κ1) is 20.1. The molecule has 4 aliphatic rings. The SMILES string of the molecule is C[C@H](CCC(=O)O)[C@H]1CC[C@H]2[C@@H]3[C@H](O)CC4=CC(=O)CC[C@]4(C)[C@H]3CC[C@]12C. The molecular weight excluding hydrogens is 352 g/mol. The Morgan fingerprint density at radius 3 is 2.68 bits per heavy atom. The van der Waals surface area contributed by atoms with Gasteiger partial charge < -0.3 is 10.2 Å². The number of rotatable bonds is 4. The van der Waals surface area contributed by atoms with Crippen molar-refractivity contribution in [2.75, 3.05) is 0 Å². The molecule has 4 nitrogen and oxygen atoms in total. The Hall–Kier alpha value is -1.16. The Morgan fingerprint density at radius 1 is 1.21 bits per heavy atom. The predicted molar refractivity (Wildman–Crippen MR) is 108 cm³/mol. The minimum atomic E-state index is -0.697. The van der Waals surface area contributed by atoms with Gasteiger partial charge in [0.1, 0.15) is 0 Å². The highest BCUT2D eigenvalue weighted by Gasteiger charge is 2.61. The van der Waals surface area contributed by atoms with Gasteiger partial charge in [-0.1, -0.05) is 26.3 Å². The first-order valence-corrected chi connectivity index (χ1v) is 11.3. The van der Waals surface area contributed by atoms with Gasteiger partial charge in [0.15, 0.2) is 5.78 Å². The maximum absolute atomic E-state index is 12.0. The first-order chi connectivity index (χ1) is 13.2. The van der Waals surface area contributed by atoms with Crippen molar-refractivity contribution in [1.29, 1.82) is 0 Å². The van der Waals surface area contributed by atoms with Crippen LogP contribution in [0.4, 0.5) is 0 Å². The van der Waals surface area contributed by atoms with E-state index in [9.17, 15) is 14.7 Å². The molecule has 2 N–H and O–H groups in total. The summed E-state index contributed by atoms with van der Waals surface area (Å²) in [6.45, 7) is 7.01. The van der Waals surface area contributed by atoms with Crippen LogP contribution in [0.2, 0.25) is 0 Å². The van der Waals surface area contributed by atoms with Gasteiger partial charge in [-0.25, -0.2) is 0 Å². The van der Waals surface area contributed by atoms with E-state index >= 15 is 0 Å². The summed E-state index contributed by atoms with van der Waals surface area (Å²) in [7, 11) is 0. The van der Waals surface area contributed by atoms with E-state index in [1.807, 2.05) is 6.08 Å². The summed E-state index contributed by atoms with van der Waals surface area (Å²) in [5, 5.41) is 20.3. The molecule has 8 atom stereocenters. The molecule has 0 aliphatic heterocycles. The number of fused-ring (bicyclic) bond motifs is 5. The molecular formula is C24H36O4. The molecule has 3 saturated carbocycles. The first-order valence-electron chi connectivity index (χ1n) is 11.3. The quantitative estimate of drug-likeness (QED) is 0.738. The number of carbonyl (C=O) groups excluding carboxylic acids is 1. The van der Waals surface area contributed by atoms with Gasteiger partial charge in [-0.15, -0.1) is 0 Å². The van der Waals surface area contributed by atoms with E-state index in [-0.39, 0.29) is 29.1 Å². The van der Waals surface area contributed by atoms with Crippen LogP contribution in [0.15, 0.2) is 11.6 Å². The molecule has 0 aromatic heterocycles. The number of carboxylic acid groups (broad SMARTS) is 1. The monoisotopic (exact) mass is 388 g/mol. The van der Waals surface area contributed by atoms with Crippen LogP contribution in [0.5, 0.6) is 0 Å². The summed E-state index contributed by atoms with van der Waals surface area (Å²) in [6.07, 6.45) is 9.39. The van der Waals surface area contributed by atoms with E-state index in [0.717, 1.165) is 32.1 Å². The molecule has 0 unspecified atom stereocenters. The van der Waals surface area contributed by atoms with E-state index in [0.29, 0.717) is 42.4 Å². The van der Waals surface area contributed by atoms with Crippen molar-refractivity contribution in [3.63, 3.8) is 0 Å². The second kappa shape index (κ2) is 6.97. The molecule has 0 spiro atoms. The van der Waals surface area contributed by atoms with Crippen LogP contribution < -0.4 is 0 Å². The van der Waals surface area contributed by atoms with Crippen molar-refractivity contribution in [3.05, 3.63) is 11.6 Å². The number of aliphatic carboxylic acids is 1. The molecule has 0 aromatic carbocycles. The molecule has 3 fully saturated rings. The lowest BCUT2D eigenvalue weighted by Gasteiger charge is -2.59. The third-order valence-electron chi connectivity index (χ3n) is 9.56. The lowest BCUT2D eigenvalue weighted by atomic mass is 9.45. The Bertz CT molecular complexity index is 697. The molecule has 0 radical (unpaired) electrons. The van der Waals surface area contributed by atoms with Crippen molar-refractivity contribution in [2.24, 2.45) is 40.4 Å². The lowest BCUT2D eigenvalue weighted by molar-refractivity contribution is -0.137. The van der Waals surface area contributed by atoms with Crippen LogP contribution in [-0.2, 0) is 9.59 Å². The lowest BCUT2D eigenvalue weighted by Crippen LogP contribution is -2.55. The second-order valence-corrected chi connectivity index (χ2v) is 10.8. The molecule has 4 heteroatoms. The summed E-state index contributed by atoms with van der Waals surface area (Å²) in [5.41, 5.74) is 1.49. The Kier molecular flexibility index (Phi) is 5.01.